The molecule has 0 saturated heterocycles. The molecule has 1 saturated carbocycles. The number of hydrogen-bond acceptors (Lipinski definition) is 4. The van der Waals surface area contributed by atoms with Crippen LogP contribution in [0.25, 0.3) is 0 Å². The molecule has 2 aliphatic rings. The van der Waals surface area contributed by atoms with Crippen LogP contribution < -0.4 is 5.32 Å². The van der Waals surface area contributed by atoms with Crippen LogP contribution in [-0.4, -0.2) is 29.1 Å². The molecule has 1 aromatic carbocycles. The summed E-state index contributed by atoms with van der Waals surface area (Å²) in [5.41, 5.74) is -0.0162. The molecule has 1 aromatic rings. The van der Waals surface area contributed by atoms with E-state index < -0.39 is 11.7 Å². The van der Waals surface area contributed by atoms with Crippen LogP contribution in [-0.2, 0) is 9.53 Å². The number of amides is 1. The predicted octanol–water partition coefficient (Wildman–Crippen LogP) is 2.84. The number of fused-ring (bicyclic) bond motifs is 1. The van der Waals surface area contributed by atoms with Crippen molar-refractivity contribution in [3.63, 3.8) is 0 Å². The number of ether oxygens (including phenoxy) is 1. The third-order valence-corrected chi connectivity index (χ3v) is 5.67. The van der Waals surface area contributed by atoms with E-state index in [0.29, 0.717) is 17.9 Å². The summed E-state index contributed by atoms with van der Waals surface area (Å²) in [5.74, 6) is -0.218. The van der Waals surface area contributed by atoms with Gasteiger partial charge in [-0.15, -0.1) is 0 Å². The standard InChI is InChI=1S/C20H27NO4/c1-12(2)16-9-8-13(3)10-20(16,24)19(23)21-11-17-14-6-4-5-7-15(14)18(22)25-17/h4-7,12-13,16-17,24H,8-11H2,1-3H3,(H,21,23)/t13?,16?,17-,20?/m0/s1. The number of aliphatic hydroxyl groups is 1. The van der Waals surface area contributed by atoms with Gasteiger partial charge in [-0.05, 0) is 36.7 Å². The van der Waals surface area contributed by atoms with Crippen molar-refractivity contribution in [2.24, 2.45) is 17.8 Å². The van der Waals surface area contributed by atoms with Crippen LogP contribution in [0.1, 0.15) is 62.1 Å². The molecule has 1 amide bonds. The Labute approximate surface area is 148 Å². The van der Waals surface area contributed by atoms with Crippen LogP contribution >= 0.6 is 0 Å². The minimum atomic E-state index is -1.35. The van der Waals surface area contributed by atoms with Crippen molar-refractivity contribution in [3.8, 4) is 0 Å². The monoisotopic (exact) mass is 345 g/mol. The van der Waals surface area contributed by atoms with Gasteiger partial charge in [-0.3, -0.25) is 4.79 Å². The number of hydrogen-bond donors (Lipinski definition) is 2. The quantitative estimate of drug-likeness (QED) is 0.823. The fourth-order valence-corrected chi connectivity index (χ4v) is 4.34. The summed E-state index contributed by atoms with van der Waals surface area (Å²) in [6.45, 7) is 6.36. The van der Waals surface area contributed by atoms with E-state index in [-0.39, 0.29) is 30.3 Å². The van der Waals surface area contributed by atoms with E-state index in [1.165, 1.54) is 0 Å². The number of benzene rings is 1. The van der Waals surface area contributed by atoms with Crippen molar-refractivity contribution in [1.29, 1.82) is 0 Å². The highest BCUT2D eigenvalue weighted by Gasteiger charge is 2.48. The molecule has 1 fully saturated rings. The van der Waals surface area contributed by atoms with Gasteiger partial charge in [0.15, 0.2) is 0 Å². The molecular formula is C20H27NO4. The highest BCUT2D eigenvalue weighted by molar-refractivity contribution is 5.94. The molecule has 136 valence electrons. The van der Waals surface area contributed by atoms with Gasteiger partial charge in [0.05, 0.1) is 12.1 Å². The Bertz CT molecular complexity index is 671. The SMILES string of the molecule is CC1CCC(C(C)C)C(O)(C(=O)NC[C@@H]2OC(=O)c3ccccc32)C1. The highest BCUT2D eigenvalue weighted by Crippen LogP contribution is 2.41. The van der Waals surface area contributed by atoms with Crippen LogP contribution in [0.5, 0.6) is 0 Å². The highest BCUT2D eigenvalue weighted by atomic mass is 16.5. The van der Waals surface area contributed by atoms with E-state index in [0.717, 1.165) is 18.4 Å². The smallest absolute Gasteiger partial charge is 0.339 e. The van der Waals surface area contributed by atoms with Crippen LogP contribution in [0, 0.1) is 17.8 Å². The summed E-state index contributed by atoms with van der Waals surface area (Å²) >= 11 is 0. The molecule has 1 heterocycles. The predicted molar refractivity (Wildman–Crippen MR) is 93.9 cm³/mol. The number of carbonyl (C=O) groups is 2. The molecule has 0 bridgehead atoms. The number of carbonyl (C=O) groups excluding carboxylic acids is 2. The first-order chi connectivity index (χ1) is 11.8. The number of cyclic esters (lactones) is 1. The van der Waals surface area contributed by atoms with Crippen LogP contribution in [0.15, 0.2) is 24.3 Å². The van der Waals surface area contributed by atoms with Crippen LogP contribution in [0.2, 0.25) is 0 Å². The second kappa shape index (κ2) is 6.79. The molecule has 3 unspecified atom stereocenters. The third kappa shape index (κ3) is 3.30. The van der Waals surface area contributed by atoms with E-state index in [4.69, 9.17) is 4.74 Å². The van der Waals surface area contributed by atoms with Crippen LogP contribution in [0.3, 0.4) is 0 Å². The number of nitrogens with one attached hydrogen (secondary N) is 1. The van der Waals surface area contributed by atoms with Crippen molar-refractivity contribution in [1.82, 2.24) is 5.32 Å². The maximum absolute atomic E-state index is 12.8. The molecule has 4 atom stereocenters. The summed E-state index contributed by atoms with van der Waals surface area (Å²) in [5, 5.41) is 14.0. The van der Waals surface area contributed by atoms with Gasteiger partial charge >= 0.3 is 5.97 Å². The van der Waals surface area contributed by atoms with Crippen LogP contribution in [0.4, 0.5) is 0 Å². The fraction of sp³-hybridized carbons (Fsp3) is 0.600. The molecule has 5 heteroatoms. The molecule has 1 aliphatic carbocycles. The van der Waals surface area contributed by atoms with Crippen molar-refractivity contribution >= 4 is 11.9 Å². The molecular weight excluding hydrogens is 318 g/mol. The van der Waals surface area contributed by atoms with Gasteiger partial charge in [0, 0.05) is 5.56 Å². The maximum atomic E-state index is 12.8. The molecule has 2 N–H and O–H groups in total. The van der Waals surface area contributed by atoms with Crippen molar-refractivity contribution < 1.29 is 19.4 Å². The van der Waals surface area contributed by atoms with Crippen molar-refractivity contribution in [2.75, 3.05) is 6.54 Å². The average Bonchev–Trinajstić information content (AvgIpc) is 2.89. The summed E-state index contributed by atoms with van der Waals surface area (Å²) in [6.07, 6.45) is 1.87. The largest absolute Gasteiger partial charge is 0.452 e. The number of esters is 1. The molecule has 0 spiro atoms. The van der Waals surface area contributed by atoms with E-state index in [1.807, 2.05) is 26.0 Å². The van der Waals surface area contributed by atoms with E-state index >= 15 is 0 Å². The van der Waals surface area contributed by atoms with Gasteiger partial charge in [0.25, 0.3) is 5.91 Å². The van der Waals surface area contributed by atoms with Gasteiger partial charge in [-0.25, -0.2) is 4.79 Å². The zero-order chi connectivity index (χ0) is 18.2. The third-order valence-electron chi connectivity index (χ3n) is 5.67. The molecule has 0 aromatic heterocycles. The molecule has 25 heavy (non-hydrogen) atoms. The summed E-state index contributed by atoms with van der Waals surface area (Å²) < 4.78 is 5.36. The molecule has 1 aliphatic heterocycles. The number of rotatable bonds is 4. The van der Waals surface area contributed by atoms with Gasteiger partial charge in [-0.1, -0.05) is 45.4 Å². The lowest BCUT2D eigenvalue weighted by atomic mass is 9.66. The second-order valence-electron chi connectivity index (χ2n) is 7.85. The normalized spacial score (nSPS) is 31.6. The van der Waals surface area contributed by atoms with E-state index in [2.05, 4.69) is 12.2 Å². The molecule has 5 nitrogen and oxygen atoms in total. The Morgan fingerprint density at radius 1 is 1.36 bits per heavy atom. The zero-order valence-corrected chi connectivity index (χ0v) is 15.1. The topological polar surface area (TPSA) is 75.6 Å². The summed E-state index contributed by atoms with van der Waals surface area (Å²) in [6, 6.07) is 7.21. The van der Waals surface area contributed by atoms with Crippen molar-refractivity contribution in [2.45, 2.75) is 51.7 Å². The van der Waals surface area contributed by atoms with Gasteiger partial charge < -0.3 is 15.2 Å². The Hall–Kier alpha value is -1.88. The lowest BCUT2D eigenvalue weighted by Gasteiger charge is -2.43. The van der Waals surface area contributed by atoms with Gasteiger partial charge in [-0.2, -0.15) is 0 Å². The fourth-order valence-electron chi connectivity index (χ4n) is 4.34. The Morgan fingerprint density at radius 3 is 2.80 bits per heavy atom. The minimum Gasteiger partial charge on any atom is -0.452 e. The van der Waals surface area contributed by atoms with Crippen molar-refractivity contribution in [3.05, 3.63) is 35.4 Å². The lowest BCUT2D eigenvalue weighted by molar-refractivity contribution is -0.156. The lowest BCUT2D eigenvalue weighted by Crippen LogP contribution is -2.56. The van der Waals surface area contributed by atoms with E-state index in [9.17, 15) is 14.7 Å². The Kier molecular flexibility index (Phi) is 4.87. The minimum absolute atomic E-state index is 0.0536. The molecule has 0 radical (unpaired) electrons. The first kappa shape index (κ1) is 17.9. The summed E-state index contributed by atoms with van der Waals surface area (Å²) in [4.78, 5) is 24.7. The second-order valence-corrected chi connectivity index (χ2v) is 7.85. The van der Waals surface area contributed by atoms with Gasteiger partial charge in [0.1, 0.15) is 11.7 Å². The maximum Gasteiger partial charge on any atom is 0.339 e. The zero-order valence-electron chi connectivity index (χ0n) is 15.1. The summed E-state index contributed by atoms with van der Waals surface area (Å²) in [7, 11) is 0. The Morgan fingerprint density at radius 2 is 2.08 bits per heavy atom. The van der Waals surface area contributed by atoms with E-state index in [1.54, 1.807) is 12.1 Å². The van der Waals surface area contributed by atoms with Gasteiger partial charge in [0.2, 0.25) is 0 Å². The molecule has 3 rings (SSSR count). The first-order valence-electron chi connectivity index (χ1n) is 9.13. The average molecular weight is 345 g/mol. The Balaban J connectivity index is 1.71. The first-order valence-corrected chi connectivity index (χ1v) is 9.13.